The van der Waals surface area contributed by atoms with E-state index in [1.807, 2.05) is 55.6 Å². The van der Waals surface area contributed by atoms with Gasteiger partial charge in [-0.3, -0.25) is 18.9 Å². The number of pyridine rings is 1. The topological polar surface area (TPSA) is 166 Å². The minimum absolute atomic E-state index is 0. The molecule has 2 aromatic carbocycles. The van der Waals surface area contributed by atoms with Crippen LogP contribution in [0.5, 0.6) is 5.75 Å². The molecule has 1 amide bonds. The zero-order valence-corrected chi connectivity index (χ0v) is 26.2. The average molecular weight is 702 g/mol. The monoisotopic (exact) mass is 702 g/mol. The number of halogens is 1. The van der Waals surface area contributed by atoms with Gasteiger partial charge in [0, 0.05) is 78.5 Å². The zero-order chi connectivity index (χ0) is 28.8. The smallest absolute Gasteiger partial charge is 0.858 e. The average Bonchev–Trinajstić information content (AvgIpc) is 3.45. The first-order valence-corrected chi connectivity index (χ1v) is 16.1. The first-order chi connectivity index (χ1) is 19.2. The number of aliphatic imine (C=N–C) groups is 1. The van der Waals surface area contributed by atoms with Gasteiger partial charge in [-0.1, -0.05) is 0 Å². The molecule has 0 bridgehead atoms. The molecule has 2 aliphatic rings. The predicted octanol–water partition coefficient (Wildman–Crippen LogP) is 5.14. The van der Waals surface area contributed by atoms with Crippen LogP contribution in [-0.2, 0) is 30.3 Å². The van der Waals surface area contributed by atoms with E-state index in [9.17, 15) is 18.5 Å². The van der Waals surface area contributed by atoms with Crippen molar-refractivity contribution in [2.45, 2.75) is 20.0 Å². The maximum absolute atomic E-state index is 13.8. The largest absolute Gasteiger partial charge is 2.00 e. The molecule has 1 fully saturated rings. The molecule has 4 aromatic rings. The standard InChI is InChI=1S/C20H14FN3O3.C6H12OS3.N3.Ru/c1-8(2)27-10-3-4-13-11(6-10)14-16-15(19(25)24-20(16)26)12-5-9(21)7-22-17(12)18(14)23-13;7-10-5-3-8-1-2-9-4-6-10;1-3-2;/h3-8,23H,1-2H3,(H,24,25,26);1-6H2;;/q;;-1;+2/p-1. The Balaban J connectivity index is 0.000000278. The number of hydrogen-bond donors (Lipinski definition) is 1. The second-order valence-corrected chi connectivity index (χ2v) is 13.1. The fraction of sp³-hybridized carbons (Fsp3) is 0.346. The minimum Gasteiger partial charge on any atom is -0.858 e. The number of aromatic nitrogens is 2. The minimum atomic E-state index is -0.668. The first kappa shape index (κ1) is 32.8. The summed E-state index contributed by atoms with van der Waals surface area (Å²) in [6.45, 7) is 3.84. The van der Waals surface area contributed by atoms with E-state index in [1.165, 1.54) is 22.5 Å². The van der Waals surface area contributed by atoms with E-state index in [4.69, 9.17) is 15.8 Å². The van der Waals surface area contributed by atoms with Crippen LogP contribution in [0.25, 0.3) is 48.7 Å². The van der Waals surface area contributed by atoms with Gasteiger partial charge >= 0.3 is 19.5 Å². The van der Waals surface area contributed by atoms with Crippen LogP contribution in [-0.4, -0.2) is 66.6 Å². The summed E-state index contributed by atoms with van der Waals surface area (Å²) in [6, 6.07) is 6.70. The Morgan fingerprint density at radius 1 is 1.10 bits per heavy atom. The summed E-state index contributed by atoms with van der Waals surface area (Å²) in [5.74, 6) is 5.24. The van der Waals surface area contributed by atoms with Crippen LogP contribution < -0.4 is 9.84 Å². The first-order valence-electron chi connectivity index (χ1n) is 12.3. The molecule has 0 aliphatic carbocycles. The molecular weight excluding hydrogens is 677 g/mol. The Bertz CT molecular complexity index is 1660. The van der Waals surface area contributed by atoms with E-state index < -0.39 is 28.4 Å². The number of nitrogens with one attached hydrogen (secondary N) is 1. The number of fused-ring (bicyclic) bond motifs is 8. The summed E-state index contributed by atoms with van der Waals surface area (Å²) < 4.78 is 30.6. The molecule has 0 atom stereocenters. The van der Waals surface area contributed by atoms with Gasteiger partial charge in [0.1, 0.15) is 11.6 Å². The zero-order valence-electron chi connectivity index (χ0n) is 22.0. The SMILES string of the molecule is CC(C)Oc1ccc2[nH]c3c4ncc(F)cc4c4c(c3c2c1)C([O-])=NC4=O.O=S1CCSCCSCC1.[N-]=[N+]=[N-].[Ru+2]. The van der Waals surface area contributed by atoms with Crippen LogP contribution >= 0.6 is 23.5 Å². The molecule has 216 valence electrons. The molecule has 2 aliphatic heterocycles. The van der Waals surface area contributed by atoms with E-state index >= 15 is 0 Å². The third kappa shape index (κ3) is 7.58. The van der Waals surface area contributed by atoms with Gasteiger partial charge in [0.05, 0.1) is 28.9 Å². The van der Waals surface area contributed by atoms with Gasteiger partial charge in [-0.15, -0.1) is 0 Å². The Hall–Kier alpha value is -2.70. The number of H-pyrrole nitrogens is 1. The van der Waals surface area contributed by atoms with Crippen LogP contribution in [0, 0.1) is 5.82 Å². The molecule has 4 heterocycles. The molecule has 1 saturated heterocycles. The van der Waals surface area contributed by atoms with E-state index in [2.05, 4.69) is 15.0 Å². The van der Waals surface area contributed by atoms with Gasteiger partial charge in [-0.25, -0.2) is 9.38 Å². The van der Waals surface area contributed by atoms with Gasteiger partial charge in [-0.05, 0) is 38.1 Å². The van der Waals surface area contributed by atoms with E-state index in [0.29, 0.717) is 22.2 Å². The molecule has 0 spiro atoms. The third-order valence-corrected chi connectivity index (χ3v) is 9.98. The number of nitrogens with zero attached hydrogens (tertiary/aromatic N) is 5. The summed E-state index contributed by atoms with van der Waals surface area (Å²) in [7, 11) is -0.521. The van der Waals surface area contributed by atoms with Crippen LogP contribution in [0.1, 0.15) is 29.8 Å². The number of aromatic amines is 1. The number of carbonyl (C=O) groups excluding carboxylic acids is 1. The number of benzene rings is 2. The molecule has 1 N–H and O–H groups in total. The summed E-state index contributed by atoms with van der Waals surface area (Å²) in [5.41, 5.74) is 15.5. The summed E-state index contributed by atoms with van der Waals surface area (Å²) in [4.78, 5) is 24.8. The molecule has 6 rings (SSSR count). The van der Waals surface area contributed by atoms with Crippen molar-refractivity contribution in [3.05, 3.63) is 63.4 Å². The fourth-order valence-corrected chi connectivity index (χ4v) is 8.40. The van der Waals surface area contributed by atoms with E-state index in [-0.39, 0.29) is 42.1 Å². The molecule has 2 aromatic heterocycles. The van der Waals surface area contributed by atoms with Gasteiger partial charge < -0.3 is 25.9 Å². The number of carbonyl (C=O) groups is 1. The molecule has 10 nitrogen and oxygen atoms in total. The maximum Gasteiger partial charge on any atom is 2.00 e. The Morgan fingerprint density at radius 3 is 2.39 bits per heavy atom. The van der Waals surface area contributed by atoms with Crippen molar-refractivity contribution in [1.29, 1.82) is 0 Å². The normalized spacial score (nSPS) is 15.3. The number of hydrogen-bond acceptors (Lipinski definition) is 7. The van der Waals surface area contributed by atoms with Crippen LogP contribution in [0.15, 0.2) is 35.5 Å². The van der Waals surface area contributed by atoms with E-state index in [1.54, 1.807) is 0 Å². The predicted molar refractivity (Wildman–Crippen MR) is 160 cm³/mol. The van der Waals surface area contributed by atoms with Crippen molar-refractivity contribution in [3.63, 3.8) is 0 Å². The summed E-state index contributed by atoms with van der Waals surface area (Å²) in [6.07, 6.45) is 1.08. The second kappa shape index (κ2) is 15.0. The van der Waals surface area contributed by atoms with Crippen molar-refractivity contribution < 1.29 is 42.7 Å². The van der Waals surface area contributed by atoms with E-state index in [0.717, 1.165) is 40.1 Å². The Kier molecular flexibility index (Phi) is 12.0. The molecule has 0 unspecified atom stereocenters. The van der Waals surface area contributed by atoms with Crippen molar-refractivity contribution in [1.82, 2.24) is 9.97 Å². The Labute approximate surface area is 258 Å². The number of thioether (sulfide) groups is 2. The summed E-state index contributed by atoms with van der Waals surface area (Å²) in [5, 5.41) is 14.0. The van der Waals surface area contributed by atoms with Crippen molar-refractivity contribution in [2.24, 2.45) is 4.99 Å². The number of amides is 1. The molecule has 15 heteroatoms. The summed E-state index contributed by atoms with van der Waals surface area (Å²) >= 11 is 3.86. The molecule has 0 radical (unpaired) electrons. The number of rotatable bonds is 2. The van der Waals surface area contributed by atoms with Gasteiger partial charge in [0.2, 0.25) is 0 Å². The second-order valence-electron chi connectivity index (χ2n) is 8.93. The van der Waals surface area contributed by atoms with Crippen LogP contribution in [0.3, 0.4) is 0 Å². The molecule has 0 saturated carbocycles. The van der Waals surface area contributed by atoms with Gasteiger partial charge in [0.15, 0.2) is 0 Å². The van der Waals surface area contributed by atoms with Gasteiger partial charge in [0.25, 0.3) is 5.91 Å². The van der Waals surface area contributed by atoms with Crippen molar-refractivity contribution in [2.75, 3.05) is 34.5 Å². The molecular formula is C26H25FN6O4RuS3. The maximum atomic E-state index is 13.8. The number of ether oxygens (including phenoxy) is 1. The van der Waals surface area contributed by atoms with Crippen molar-refractivity contribution >= 4 is 78.8 Å². The van der Waals surface area contributed by atoms with Crippen LogP contribution in [0.4, 0.5) is 4.39 Å². The van der Waals surface area contributed by atoms with Gasteiger partial charge in [-0.2, -0.15) is 23.5 Å². The van der Waals surface area contributed by atoms with Crippen LogP contribution in [0.2, 0.25) is 0 Å². The third-order valence-electron chi connectivity index (χ3n) is 5.92. The fourth-order valence-electron chi connectivity index (χ4n) is 4.41. The molecule has 41 heavy (non-hydrogen) atoms. The van der Waals surface area contributed by atoms with Crippen molar-refractivity contribution in [3.8, 4) is 5.75 Å². The Morgan fingerprint density at radius 2 is 1.76 bits per heavy atom. The quantitative estimate of drug-likeness (QED) is 0.131.